The van der Waals surface area contributed by atoms with Crippen molar-refractivity contribution >= 4 is 44.9 Å². The molecule has 0 amide bonds. The van der Waals surface area contributed by atoms with Gasteiger partial charge in [0.1, 0.15) is 17.5 Å². The van der Waals surface area contributed by atoms with Gasteiger partial charge in [0.15, 0.2) is 0 Å². The lowest BCUT2D eigenvalue weighted by molar-refractivity contribution is 1.31. The van der Waals surface area contributed by atoms with Crippen molar-refractivity contribution in [3.8, 4) is 28.5 Å². The first-order chi connectivity index (χ1) is 11.5. The molecule has 24 heavy (non-hydrogen) atoms. The minimum atomic E-state index is 0.143. The summed E-state index contributed by atoms with van der Waals surface area (Å²) in [5, 5.41) is 10.4. The van der Waals surface area contributed by atoms with E-state index in [0.717, 1.165) is 10.0 Å². The van der Waals surface area contributed by atoms with E-state index >= 15 is 0 Å². The molecule has 3 nitrogen and oxygen atoms in total. The number of rotatable bonds is 2. The van der Waals surface area contributed by atoms with Crippen LogP contribution < -0.4 is 5.73 Å². The van der Waals surface area contributed by atoms with Crippen LogP contribution in [0.2, 0.25) is 10.0 Å². The van der Waals surface area contributed by atoms with Crippen LogP contribution in [0.15, 0.2) is 53.0 Å². The van der Waals surface area contributed by atoms with Crippen LogP contribution in [0.4, 0.5) is 5.82 Å². The van der Waals surface area contributed by atoms with E-state index in [-0.39, 0.29) is 11.4 Å². The molecule has 2 N–H and O–H groups in total. The van der Waals surface area contributed by atoms with Gasteiger partial charge in [0.25, 0.3) is 0 Å². The zero-order valence-electron chi connectivity index (χ0n) is 12.2. The highest BCUT2D eigenvalue weighted by Crippen LogP contribution is 2.39. The molecule has 0 saturated carbocycles. The van der Waals surface area contributed by atoms with Gasteiger partial charge in [-0.05, 0) is 30.3 Å². The number of anilines is 1. The van der Waals surface area contributed by atoms with Crippen LogP contribution in [-0.4, -0.2) is 4.98 Å². The summed E-state index contributed by atoms with van der Waals surface area (Å²) in [7, 11) is 0. The van der Waals surface area contributed by atoms with E-state index in [1.807, 2.05) is 24.3 Å². The number of nitrogens with zero attached hydrogens (tertiary/aromatic N) is 2. The summed E-state index contributed by atoms with van der Waals surface area (Å²) in [4.78, 5) is 4.34. The van der Waals surface area contributed by atoms with E-state index in [0.29, 0.717) is 26.9 Å². The SMILES string of the molecule is N#Cc1c(-c2c(Cl)cccc2Cl)cc(-c2ccc(Br)cc2)nc1N. The number of pyridine rings is 1. The molecule has 0 fully saturated rings. The molecule has 3 aromatic rings. The average molecular weight is 419 g/mol. The van der Waals surface area contributed by atoms with Gasteiger partial charge in [-0.3, -0.25) is 0 Å². The summed E-state index contributed by atoms with van der Waals surface area (Å²) in [5.74, 6) is 0.143. The van der Waals surface area contributed by atoms with Gasteiger partial charge in [-0.15, -0.1) is 0 Å². The van der Waals surface area contributed by atoms with E-state index in [9.17, 15) is 5.26 Å². The normalized spacial score (nSPS) is 10.4. The Morgan fingerprint density at radius 1 is 1.04 bits per heavy atom. The Morgan fingerprint density at radius 3 is 2.25 bits per heavy atom. The van der Waals surface area contributed by atoms with Crippen LogP contribution in [0, 0.1) is 11.3 Å². The van der Waals surface area contributed by atoms with Crippen LogP contribution in [0.25, 0.3) is 22.4 Å². The number of nitrogens with two attached hydrogens (primary N) is 1. The standard InChI is InChI=1S/C18H10BrCl2N3/c19-11-6-4-10(5-7-11)16-8-12(13(9-22)18(23)24-16)17-14(20)2-1-3-15(17)21/h1-8H,(H2,23,24). The monoisotopic (exact) mass is 417 g/mol. The summed E-state index contributed by atoms with van der Waals surface area (Å²) in [5.41, 5.74) is 8.92. The number of benzene rings is 2. The van der Waals surface area contributed by atoms with E-state index in [2.05, 4.69) is 27.0 Å². The van der Waals surface area contributed by atoms with Crippen LogP contribution in [0.3, 0.4) is 0 Å². The second-order valence-corrected chi connectivity index (χ2v) is 6.76. The lowest BCUT2D eigenvalue weighted by Gasteiger charge is -2.13. The average Bonchev–Trinajstić information content (AvgIpc) is 2.55. The molecule has 0 bridgehead atoms. The highest BCUT2D eigenvalue weighted by molar-refractivity contribution is 9.10. The Hall–Kier alpha value is -2.06. The third-order valence-electron chi connectivity index (χ3n) is 3.53. The van der Waals surface area contributed by atoms with Crippen LogP contribution in [0.1, 0.15) is 5.56 Å². The topological polar surface area (TPSA) is 62.7 Å². The molecule has 0 aliphatic rings. The molecule has 1 aromatic heterocycles. The zero-order valence-corrected chi connectivity index (χ0v) is 15.3. The van der Waals surface area contributed by atoms with Crippen LogP contribution >= 0.6 is 39.1 Å². The summed E-state index contributed by atoms with van der Waals surface area (Å²) in [6.45, 7) is 0. The number of hydrogen-bond acceptors (Lipinski definition) is 3. The lowest BCUT2D eigenvalue weighted by atomic mass is 9.98. The third kappa shape index (κ3) is 3.11. The number of aromatic nitrogens is 1. The summed E-state index contributed by atoms with van der Waals surface area (Å²) in [6.07, 6.45) is 0. The van der Waals surface area contributed by atoms with Crippen molar-refractivity contribution in [1.82, 2.24) is 4.98 Å². The van der Waals surface area contributed by atoms with Crippen molar-refractivity contribution < 1.29 is 0 Å². The van der Waals surface area contributed by atoms with Gasteiger partial charge >= 0.3 is 0 Å². The van der Waals surface area contributed by atoms with Crippen LogP contribution in [-0.2, 0) is 0 Å². The molecule has 0 aliphatic heterocycles. The molecular formula is C18H10BrCl2N3. The van der Waals surface area contributed by atoms with Crippen molar-refractivity contribution in [3.05, 3.63) is 68.6 Å². The fraction of sp³-hybridized carbons (Fsp3) is 0. The van der Waals surface area contributed by atoms with Crippen molar-refractivity contribution in [2.24, 2.45) is 0 Å². The highest BCUT2D eigenvalue weighted by Gasteiger charge is 2.17. The maximum atomic E-state index is 9.48. The van der Waals surface area contributed by atoms with Crippen molar-refractivity contribution in [1.29, 1.82) is 5.26 Å². The first-order valence-corrected chi connectivity index (χ1v) is 8.47. The van der Waals surface area contributed by atoms with E-state index in [4.69, 9.17) is 28.9 Å². The summed E-state index contributed by atoms with van der Waals surface area (Å²) >= 11 is 16.0. The van der Waals surface area contributed by atoms with Crippen molar-refractivity contribution in [2.75, 3.05) is 5.73 Å². The zero-order chi connectivity index (χ0) is 17.3. The number of nitrogen functional groups attached to an aromatic ring is 1. The predicted molar refractivity (Wildman–Crippen MR) is 102 cm³/mol. The lowest BCUT2D eigenvalue weighted by Crippen LogP contribution is -2.00. The van der Waals surface area contributed by atoms with Gasteiger partial charge < -0.3 is 5.73 Å². The van der Waals surface area contributed by atoms with Gasteiger partial charge in [0.2, 0.25) is 0 Å². The van der Waals surface area contributed by atoms with Gasteiger partial charge in [0, 0.05) is 31.2 Å². The Labute approximate surface area is 157 Å². The summed E-state index contributed by atoms with van der Waals surface area (Å²) < 4.78 is 0.960. The number of hydrogen-bond donors (Lipinski definition) is 1. The van der Waals surface area contributed by atoms with E-state index in [1.54, 1.807) is 24.3 Å². The minimum absolute atomic E-state index is 0.143. The smallest absolute Gasteiger partial charge is 0.142 e. The van der Waals surface area contributed by atoms with E-state index < -0.39 is 0 Å². The maximum Gasteiger partial charge on any atom is 0.142 e. The highest BCUT2D eigenvalue weighted by atomic mass is 79.9. The number of nitriles is 1. The quantitative estimate of drug-likeness (QED) is 0.560. The Bertz CT molecular complexity index is 943. The molecule has 0 aliphatic carbocycles. The molecule has 0 unspecified atom stereocenters. The van der Waals surface area contributed by atoms with Crippen molar-refractivity contribution in [2.45, 2.75) is 0 Å². The van der Waals surface area contributed by atoms with Gasteiger partial charge in [-0.2, -0.15) is 5.26 Å². The molecule has 6 heteroatoms. The third-order valence-corrected chi connectivity index (χ3v) is 4.69. The first kappa shape index (κ1) is 16.8. The molecule has 0 saturated heterocycles. The predicted octanol–water partition coefficient (Wildman–Crippen LogP) is 5.94. The second-order valence-electron chi connectivity index (χ2n) is 5.03. The Morgan fingerprint density at radius 2 is 1.67 bits per heavy atom. The molecule has 1 heterocycles. The number of halogens is 3. The van der Waals surface area contributed by atoms with Gasteiger partial charge in [-0.1, -0.05) is 57.3 Å². The van der Waals surface area contributed by atoms with Crippen LogP contribution in [0.5, 0.6) is 0 Å². The molecule has 0 radical (unpaired) electrons. The van der Waals surface area contributed by atoms with Gasteiger partial charge in [0.05, 0.1) is 5.69 Å². The molecular weight excluding hydrogens is 409 g/mol. The molecule has 3 rings (SSSR count). The van der Waals surface area contributed by atoms with Crippen molar-refractivity contribution in [3.63, 3.8) is 0 Å². The van der Waals surface area contributed by atoms with Gasteiger partial charge in [-0.25, -0.2) is 4.98 Å². The second kappa shape index (κ2) is 6.82. The summed E-state index contributed by atoms with van der Waals surface area (Å²) in [6, 6.07) is 16.7. The molecule has 118 valence electrons. The maximum absolute atomic E-state index is 9.48. The molecule has 2 aromatic carbocycles. The Kier molecular flexibility index (Phi) is 4.77. The fourth-order valence-electron chi connectivity index (χ4n) is 2.40. The molecule has 0 spiro atoms. The molecule has 0 atom stereocenters. The first-order valence-electron chi connectivity index (χ1n) is 6.92. The largest absolute Gasteiger partial charge is 0.383 e. The Balaban J connectivity index is 2.29. The minimum Gasteiger partial charge on any atom is -0.383 e. The van der Waals surface area contributed by atoms with E-state index in [1.165, 1.54) is 0 Å². The fourth-order valence-corrected chi connectivity index (χ4v) is 3.27.